The van der Waals surface area contributed by atoms with Gasteiger partial charge in [0.25, 0.3) is 0 Å². The van der Waals surface area contributed by atoms with E-state index in [2.05, 4.69) is 11.9 Å². The normalized spacial score (nSPS) is 22.8. The van der Waals surface area contributed by atoms with E-state index >= 15 is 0 Å². The molecule has 2 atom stereocenters. The Labute approximate surface area is 167 Å². The highest BCUT2D eigenvalue weighted by Crippen LogP contribution is 2.19. The molecule has 2 saturated heterocycles. The number of rotatable bonds is 8. The Balaban J connectivity index is 0.00000364. The number of halogens is 1. The number of carbonyl (C=O) groups is 3. The molecule has 0 spiro atoms. The first-order valence-electron chi connectivity index (χ1n) is 9.64. The predicted molar refractivity (Wildman–Crippen MR) is 106 cm³/mol. The first-order valence-corrected chi connectivity index (χ1v) is 9.64. The summed E-state index contributed by atoms with van der Waals surface area (Å²) >= 11 is 0. The molecule has 2 fully saturated rings. The van der Waals surface area contributed by atoms with Crippen molar-refractivity contribution in [3.05, 3.63) is 12.7 Å². The highest BCUT2D eigenvalue weighted by Gasteiger charge is 2.34. The van der Waals surface area contributed by atoms with Crippen molar-refractivity contribution in [1.29, 1.82) is 0 Å². The molecule has 7 nitrogen and oxygen atoms in total. The number of amides is 2. The summed E-state index contributed by atoms with van der Waals surface area (Å²) < 4.78 is 5.08. The number of carbonyl (C=O) groups excluding carboxylic acids is 3. The number of nitrogens with zero attached hydrogens (tertiary/aromatic N) is 2. The second-order valence-corrected chi connectivity index (χ2v) is 6.90. The zero-order chi connectivity index (χ0) is 18.9. The molecule has 154 valence electrons. The van der Waals surface area contributed by atoms with Crippen LogP contribution in [0.2, 0.25) is 0 Å². The SMILES string of the molecule is C=CCCCN1CCNC(CC(=O)N2CCCC(C(=O)OCC)C2)C1=O.Cl. The van der Waals surface area contributed by atoms with Crippen LogP contribution < -0.4 is 5.32 Å². The van der Waals surface area contributed by atoms with Crippen LogP contribution in [0.5, 0.6) is 0 Å². The maximum Gasteiger partial charge on any atom is 0.310 e. The number of nitrogens with one attached hydrogen (secondary N) is 1. The Bertz CT molecular complexity index is 529. The fourth-order valence-corrected chi connectivity index (χ4v) is 3.56. The van der Waals surface area contributed by atoms with Crippen LogP contribution in [0.25, 0.3) is 0 Å². The van der Waals surface area contributed by atoms with Crippen molar-refractivity contribution in [3.8, 4) is 0 Å². The van der Waals surface area contributed by atoms with Crippen molar-refractivity contribution in [2.75, 3.05) is 39.3 Å². The maximum atomic E-state index is 12.7. The number of hydrogen-bond acceptors (Lipinski definition) is 5. The van der Waals surface area contributed by atoms with Gasteiger partial charge in [-0.3, -0.25) is 14.4 Å². The lowest BCUT2D eigenvalue weighted by molar-refractivity contribution is -0.152. The third kappa shape index (κ3) is 6.81. The molecular weight excluding hydrogens is 370 g/mol. The van der Waals surface area contributed by atoms with E-state index in [4.69, 9.17) is 4.74 Å². The highest BCUT2D eigenvalue weighted by molar-refractivity contribution is 5.89. The number of esters is 1. The summed E-state index contributed by atoms with van der Waals surface area (Å²) in [5.74, 6) is -0.561. The van der Waals surface area contributed by atoms with Crippen LogP contribution in [0.3, 0.4) is 0 Å². The quantitative estimate of drug-likeness (QED) is 0.377. The molecule has 2 amide bonds. The van der Waals surface area contributed by atoms with Crippen molar-refractivity contribution >= 4 is 30.2 Å². The summed E-state index contributed by atoms with van der Waals surface area (Å²) in [6.07, 6.45) is 5.30. The molecule has 0 saturated carbocycles. The molecule has 2 unspecified atom stereocenters. The zero-order valence-corrected chi connectivity index (χ0v) is 17.0. The summed E-state index contributed by atoms with van der Waals surface area (Å²) in [6.45, 7) is 8.94. The molecule has 0 aromatic heterocycles. The topological polar surface area (TPSA) is 79.0 Å². The standard InChI is InChI=1S/C19H31N3O4.ClH/c1-3-5-6-10-21-12-9-20-16(18(21)24)13-17(23)22-11-7-8-15(14-22)19(25)26-4-2;/h3,15-16,20H,1,4-14H2,2H3;1H. The van der Waals surface area contributed by atoms with E-state index < -0.39 is 6.04 Å². The minimum absolute atomic E-state index is 0. The van der Waals surface area contributed by atoms with Gasteiger partial charge < -0.3 is 19.9 Å². The Kier molecular flexibility index (Phi) is 10.4. The number of likely N-dealkylation sites (tertiary alicyclic amines) is 1. The van der Waals surface area contributed by atoms with Gasteiger partial charge in [-0.2, -0.15) is 0 Å². The van der Waals surface area contributed by atoms with E-state index in [1.807, 2.05) is 11.0 Å². The summed E-state index contributed by atoms with van der Waals surface area (Å²) in [6, 6.07) is -0.469. The van der Waals surface area contributed by atoms with E-state index in [-0.39, 0.29) is 42.5 Å². The van der Waals surface area contributed by atoms with Crippen molar-refractivity contribution in [3.63, 3.8) is 0 Å². The van der Waals surface area contributed by atoms with E-state index in [9.17, 15) is 14.4 Å². The summed E-state index contributed by atoms with van der Waals surface area (Å²) in [5.41, 5.74) is 0. The van der Waals surface area contributed by atoms with Crippen LogP contribution in [0.15, 0.2) is 12.7 Å². The van der Waals surface area contributed by atoms with Crippen LogP contribution in [-0.2, 0) is 19.1 Å². The van der Waals surface area contributed by atoms with Crippen molar-refractivity contribution in [1.82, 2.24) is 15.1 Å². The fourth-order valence-electron chi connectivity index (χ4n) is 3.56. The van der Waals surface area contributed by atoms with E-state index in [1.54, 1.807) is 11.8 Å². The minimum atomic E-state index is -0.469. The van der Waals surface area contributed by atoms with Crippen LogP contribution in [0.4, 0.5) is 0 Å². The van der Waals surface area contributed by atoms with Gasteiger partial charge in [0.2, 0.25) is 11.8 Å². The van der Waals surface area contributed by atoms with Gasteiger partial charge >= 0.3 is 5.97 Å². The number of allylic oxidation sites excluding steroid dienone is 1. The highest BCUT2D eigenvalue weighted by atomic mass is 35.5. The minimum Gasteiger partial charge on any atom is -0.466 e. The molecule has 2 heterocycles. The fraction of sp³-hybridized carbons (Fsp3) is 0.737. The molecule has 0 aromatic rings. The molecule has 2 rings (SSSR count). The van der Waals surface area contributed by atoms with E-state index in [0.717, 1.165) is 25.7 Å². The Morgan fingerprint density at radius 3 is 2.85 bits per heavy atom. The molecular formula is C19H32ClN3O4. The summed E-state index contributed by atoms with van der Waals surface area (Å²) in [5, 5.41) is 3.16. The smallest absolute Gasteiger partial charge is 0.310 e. The Morgan fingerprint density at radius 1 is 1.37 bits per heavy atom. The van der Waals surface area contributed by atoms with Gasteiger partial charge in [-0.25, -0.2) is 0 Å². The lowest BCUT2D eigenvalue weighted by Crippen LogP contribution is -2.57. The van der Waals surface area contributed by atoms with Crippen molar-refractivity contribution < 1.29 is 19.1 Å². The number of unbranched alkanes of at least 4 members (excludes halogenated alkanes) is 1. The predicted octanol–water partition coefficient (Wildman–Crippen LogP) is 1.37. The van der Waals surface area contributed by atoms with Crippen LogP contribution in [0.1, 0.15) is 39.0 Å². The van der Waals surface area contributed by atoms with Gasteiger partial charge in [0, 0.05) is 32.7 Å². The Morgan fingerprint density at radius 2 is 2.15 bits per heavy atom. The van der Waals surface area contributed by atoms with E-state index in [1.165, 1.54) is 0 Å². The molecule has 0 radical (unpaired) electrons. The van der Waals surface area contributed by atoms with E-state index in [0.29, 0.717) is 39.3 Å². The molecule has 0 aromatic carbocycles. The number of ether oxygens (including phenoxy) is 1. The van der Waals surface area contributed by atoms with Crippen LogP contribution in [0, 0.1) is 5.92 Å². The average molecular weight is 402 g/mol. The van der Waals surface area contributed by atoms with Crippen LogP contribution in [-0.4, -0.2) is 73.0 Å². The third-order valence-electron chi connectivity index (χ3n) is 4.99. The maximum absolute atomic E-state index is 12.7. The number of piperazine rings is 1. The lowest BCUT2D eigenvalue weighted by Gasteiger charge is -2.35. The van der Waals surface area contributed by atoms with Crippen molar-refractivity contribution in [2.45, 2.75) is 45.1 Å². The molecule has 1 N–H and O–H groups in total. The van der Waals surface area contributed by atoms with Gasteiger partial charge in [-0.05, 0) is 32.6 Å². The van der Waals surface area contributed by atoms with Gasteiger partial charge in [0.1, 0.15) is 0 Å². The summed E-state index contributed by atoms with van der Waals surface area (Å²) in [4.78, 5) is 40.7. The first kappa shape index (κ1) is 23.4. The van der Waals surface area contributed by atoms with Gasteiger partial charge in [-0.1, -0.05) is 6.08 Å². The number of piperidine rings is 1. The molecule has 27 heavy (non-hydrogen) atoms. The molecule has 2 aliphatic rings. The van der Waals surface area contributed by atoms with Crippen LogP contribution >= 0.6 is 12.4 Å². The van der Waals surface area contributed by atoms with Gasteiger partial charge in [0.05, 0.1) is 25.0 Å². The largest absolute Gasteiger partial charge is 0.466 e. The molecule has 2 aliphatic heterocycles. The van der Waals surface area contributed by atoms with Gasteiger partial charge in [-0.15, -0.1) is 19.0 Å². The zero-order valence-electron chi connectivity index (χ0n) is 16.2. The Hall–Kier alpha value is -1.60. The lowest BCUT2D eigenvalue weighted by atomic mass is 9.97. The average Bonchev–Trinajstić information content (AvgIpc) is 2.65. The molecule has 0 bridgehead atoms. The first-order chi connectivity index (χ1) is 12.6. The van der Waals surface area contributed by atoms with Crippen molar-refractivity contribution in [2.24, 2.45) is 5.92 Å². The molecule has 0 aliphatic carbocycles. The summed E-state index contributed by atoms with van der Waals surface area (Å²) in [7, 11) is 0. The number of hydrogen-bond donors (Lipinski definition) is 1. The van der Waals surface area contributed by atoms with Gasteiger partial charge in [0.15, 0.2) is 0 Å². The second-order valence-electron chi connectivity index (χ2n) is 6.90. The third-order valence-corrected chi connectivity index (χ3v) is 4.99. The second kappa shape index (κ2) is 12.0. The monoisotopic (exact) mass is 401 g/mol. The molecule has 8 heteroatoms.